The van der Waals surface area contributed by atoms with Crippen LogP contribution in [0.25, 0.3) is 0 Å². The highest BCUT2D eigenvalue weighted by atomic mass is 15.2. The van der Waals surface area contributed by atoms with Gasteiger partial charge in [0.15, 0.2) is 0 Å². The molecule has 0 aromatic rings. The third-order valence-corrected chi connectivity index (χ3v) is 4.04. The van der Waals surface area contributed by atoms with Crippen LogP contribution in [-0.2, 0) is 0 Å². The molecule has 2 rings (SSSR count). The molecule has 1 heterocycles. The minimum atomic E-state index is 0.923. The zero-order valence-corrected chi connectivity index (χ0v) is 10.2. The predicted molar refractivity (Wildman–Crippen MR) is 65.0 cm³/mol. The van der Waals surface area contributed by atoms with E-state index in [0.29, 0.717) is 0 Å². The van der Waals surface area contributed by atoms with E-state index in [1.807, 2.05) is 0 Å². The Morgan fingerprint density at radius 1 is 1.13 bits per heavy atom. The van der Waals surface area contributed by atoms with Gasteiger partial charge in [-0.1, -0.05) is 19.8 Å². The van der Waals surface area contributed by atoms with Crippen molar-refractivity contribution in [2.24, 2.45) is 11.8 Å². The van der Waals surface area contributed by atoms with Crippen molar-refractivity contribution in [1.82, 2.24) is 10.2 Å². The van der Waals surface area contributed by atoms with E-state index in [1.165, 1.54) is 58.3 Å². The quantitative estimate of drug-likeness (QED) is 0.747. The van der Waals surface area contributed by atoms with Crippen LogP contribution in [0, 0.1) is 11.8 Å². The fourth-order valence-electron chi connectivity index (χ4n) is 3.15. The van der Waals surface area contributed by atoms with E-state index in [4.69, 9.17) is 0 Å². The first-order valence-electron chi connectivity index (χ1n) is 6.81. The Morgan fingerprint density at radius 3 is 2.67 bits per heavy atom. The van der Waals surface area contributed by atoms with E-state index >= 15 is 0 Å². The molecule has 0 amide bonds. The van der Waals surface area contributed by atoms with E-state index in [2.05, 4.69) is 17.1 Å². The second-order valence-corrected chi connectivity index (χ2v) is 5.37. The van der Waals surface area contributed by atoms with Gasteiger partial charge in [-0.2, -0.15) is 0 Å². The maximum Gasteiger partial charge on any atom is 0.00224 e. The van der Waals surface area contributed by atoms with Gasteiger partial charge >= 0.3 is 0 Å². The lowest BCUT2D eigenvalue weighted by molar-refractivity contribution is 0.269. The van der Waals surface area contributed by atoms with Gasteiger partial charge in [0.25, 0.3) is 0 Å². The molecule has 0 radical (unpaired) electrons. The highest BCUT2D eigenvalue weighted by molar-refractivity contribution is 4.80. The van der Waals surface area contributed by atoms with Crippen LogP contribution in [0.15, 0.2) is 0 Å². The Kier molecular flexibility index (Phi) is 4.45. The van der Waals surface area contributed by atoms with Gasteiger partial charge in [-0.05, 0) is 50.7 Å². The minimum Gasteiger partial charge on any atom is -0.317 e. The largest absolute Gasteiger partial charge is 0.317 e. The molecule has 2 aliphatic rings. The Bertz CT molecular complexity index is 175. The van der Waals surface area contributed by atoms with Crippen molar-refractivity contribution in [1.29, 1.82) is 0 Å². The monoisotopic (exact) mass is 210 g/mol. The van der Waals surface area contributed by atoms with E-state index < -0.39 is 0 Å². The maximum atomic E-state index is 3.48. The molecule has 1 atom stereocenters. The normalized spacial score (nSPS) is 29.0. The van der Waals surface area contributed by atoms with Gasteiger partial charge in [0.05, 0.1) is 0 Å². The summed E-state index contributed by atoms with van der Waals surface area (Å²) in [4.78, 5) is 2.71. The summed E-state index contributed by atoms with van der Waals surface area (Å²) < 4.78 is 0. The van der Waals surface area contributed by atoms with Crippen molar-refractivity contribution < 1.29 is 0 Å². The molecule has 1 unspecified atom stereocenters. The van der Waals surface area contributed by atoms with Gasteiger partial charge in [0.1, 0.15) is 0 Å². The van der Waals surface area contributed by atoms with Crippen LogP contribution in [0.5, 0.6) is 0 Å². The summed E-state index contributed by atoms with van der Waals surface area (Å²) in [6, 6.07) is 0. The standard InChI is InChI=1S/C13H26N2/c1-2-14-9-13-7-8-15(11-13)10-12-5-3-4-6-12/h12-14H,2-11H2,1H3. The SMILES string of the molecule is CCNCC1CCN(CC2CCCC2)C1. The molecule has 0 aromatic carbocycles. The average molecular weight is 210 g/mol. The number of nitrogens with zero attached hydrogens (tertiary/aromatic N) is 1. The Balaban J connectivity index is 1.63. The molecule has 2 nitrogen and oxygen atoms in total. The summed E-state index contributed by atoms with van der Waals surface area (Å²) in [6.07, 6.45) is 7.38. The molecule has 1 saturated heterocycles. The number of nitrogens with one attached hydrogen (secondary N) is 1. The summed E-state index contributed by atoms with van der Waals surface area (Å²) in [6.45, 7) is 8.65. The van der Waals surface area contributed by atoms with E-state index in [0.717, 1.165) is 18.4 Å². The third kappa shape index (κ3) is 3.46. The van der Waals surface area contributed by atoms with E-state index in [-0.39, 0.29) is 0 Å². The molecule has 0 bridgehead atoms. The van der Waals surface area contributed by atoms with Crippen molar-refractivity contribution in [2.75, 3.05) is 32.7 Å². The maximum absolute atomic E-state index is 3.48. The molecule has 1 aliphatic heterocycles. The summed E-state index contributed by atoms with van der Waals surface area (Å²) in [5.74, 6) is 1.95. The van der Waals surface area contributed by atoms with Gasteiger partial charge < -0.3 is 10.2 Å². The molecule has 15 heavy (non-hydrogen) atoms. The summed E-state index contributed by atoms with van der Waals surface area (Å²) in [7, 11) is 0. The van der Waals surface area contributed by atoms with Crippen LogP contribution in [-0.4, -0.2) is 37.6 Å². The molecular formula is C13H26N2. The van der Waals surface area contributed by atoms with Crippen molar-refractivity contribution >= 4 is 0 Å². The van der Waals surface area contributed by atoms with Crippen LogP contribution < -0.4 is 5.32 Å². The predicted octanol–water partition coefficient (Wildman–Crippen LogP) is 2.11. The van der Waals surface area contributed by atoms with E-state index in [9.17, 15) is 0 Å². The number of hydrogen-bond acceptors (Lipinski definition) is 2. The highest BCUT2D eigenvalue weighted by Gasteiger charge is 2.25. The second kappa shape index (κ2) is 5.86. The lowest BCUT2D eigenvalue weighted by Crippen LogP contribution is -2.29. The first-order valence-corrected chi connectivity index (χ1v) is 6.81. The lowest BCUT2D eigenvalue weighted by Gasteiger charge is -2.20. The molecule has 0 spiro atoms. The van der Waals surface area contributed by atoms with Gasteiger partial charge in [0.2, 0.25) is 0 Å². The van der Waals surface area contributed by atoms with Crippen LogP contribution in [0.2, 0.25) is 0 Å². The van der Waals surface area contributed by atoms with Gasteiger partial charge in [0, 0.05) is 13.1 Å². The van der Waals surface area contributed by atoms with Gasteiger partial charge in [-0.3, -0.25) is 0 Å². The van der Waals surface area contributed by atoms with Gasteiger partial charge in [-0.25, -0.2) is 0 Å². The topological polar surface area (TPSA) is 15.3 Å². The minimum absolute atomic E-state index is 0.923. The van der Waals surface area contributed by atoms with Crippen LogP contribution in [0.3, 0.4) is 0 Å². The zero-order valence-electron chi connectivity index (χ0n) is 10.2. The Hall–Kier alpha value is -0.0800. The fraction of sp³-hybridized carbons (Fsp3) is 1.00. The molecule has 1 N–H and O–H groups in total. The fourth-order valence-corrected chi connectivity index (χ4v) is 3.15. The molecule has 0 aromatic heterocycles. The zero-order chi connectivity index (χ0) is 10.5. The molecule has 2 fully saturated rings. The average Bonchev–Trinajstić information content (AvgIpc) is 2.87. The Morgan fingerprint density at radius 2 is 1.93 bits per heavy atom. The first kappa shape index (κ1) is 11.4. The van der Waals surface area contributed by atoms with Crippen molar-refractivity contribution in [3.63, 3.8) is 0 Å². The Labute approximate surface area is 94.4 Å². The molecule has 1 saturated carbocycles. The van der Waals surface area contributed by atoms with Crippen molar-refractivity contribution in [3.8, 4) is 0 Å². The van der Waals surface area contributed by atoms with Crippen molar-refractivity contribution in [3.05, 3.63) is 0 Å². The van der Waals surface area contributed by atoms with Crippen LogP contribution >= 0.6 is 0 Å². The molecule has 88 valence electrons. The molecule has 1 aliphatic carbocycles. The van der Waals surface area contributed by atoms with Crippen LogP contribution in [0.1, 0.15) is 39.0 Å². The second-order valence-electron chi connectivity index (χ2n) is 5.37. The van der Waals surface area contributed by atoms with Gasteiger partial charge in [-0.15, -0.1) is 0 Å². The van der Waals surface area contributed by atoms with E-state index in [1.54, 1.807) is 0 Å². The first-order chi connectivity index (χ1) is 7.38. The number of likely N-dealkylation sites (tertiary alicyclic amines) is 1. The smallest absolute Gasteiger partial charge is 0.00224 e. The van der Waals surface area contributed by atoms with Crippen molar-refractivity contribution in [2.45, 2.75) is 39.0 Å². The number of hydrogen-bond donors (Lipinski definition) is 1. The molecular weight excluding hydrogens is 184 g/mol. The lowest BCUT2D eigenvalue weighted by atomic mass is 10.1. The third-order valence-electron chi connectivity index (χ3n) is 4.04. The number of rotatable bonds is 5. The molecule has 2 heteroatoms. The summed E-state index contributed by atoms with van der Waals surface area (Å²) in [5.41, 5.74) is 0. The summed E-state index contributed by atoms with van der Waals surface area (Å²) in [5, 5.41) is 3.48. The van der Waals surface area contributed by atoms with Crippen LogP contribution in [0.4, 0.5) is 0 Å². The summed E-state index contributed by atoms with van der Waals surface area (Å²) >= 11 is 0. The highest BCUT2D eigenvalue weighted by Crippen LogP contribution is 2.27.